The Morgan fingerprint density at radius 2 is 2.05 bits per heavy atom. The van der Waals surface area contributed by atoms with Gasteiger partial charge in [-0.05, 0) is 43.4 Å². The summed E-state index contributed by atoms with van der Waals surface area (Å²) in [6.45, 7) is 2.72. The lowest BCUT2D eigenvalue weighted by atomic mass is 10.0. The SMILES string of the molecule is Cn1c(-c2cc3cccc(OCCn4ccnc4)c3n2CC2CC2)nc2cc3c(nc21)CCN(CCCF)C3=O. The van der Waals surface area contributed by atoms with E-state index < -0.39 is 6.67 Å². The summed E-state index contributed by atoms with van der Waals surface area (Å²) in [5.41, 5.74) is 4.91. The summed E-state index contributed by atoms with van der Waals surface area (Å²) in [5, 5.41) is 1.11. The molecule has 0 spiro atoms. The summed E-state index contributed by atoms with van der Waals surface area (Å²) < 4.78 is 25.5. The van der Waals surface area contributed by atoms with Gasteiger partial charge in [0.1, 0.15) is 17.9 Å². The smallest absolute Gasteiger partial charge is 0.255 e. The van der Waals surface area contributed by atoms with Crippen molar-refractivity contribution in [1.82, 2.24) is 33.6 Å². The normalized spacial score (nSPS) is 15.3. The van der Waals surface area contributed by atoms with Crippen LogP contribution in [0.5, 0.6) is 5.75 Å². The molecule has 5 heterocycles. The number of amides is 1. The fourth-order valence-corrected chi connectivity index (χ4v) is 5.75. The molecule has 1 aromatic carbocycles. The van der Waals surface area contributed by atoms with E-state index in [1.165, 1.54) is 12.8 Å². The Balaban J connectivity index is 1.28. The number of carbonyl (C=O) groups is 1. The molecule has 7 rings (SSSR count). The van der Waals surface area contributed by atoms with Crippen molar-refractivity contribution in [2.45, 2.75) is 38.8 Å². The number of aromatic nitrogens is 6. The van der Waals surface area contributed by atoms with Gasteiger partial charge < -0.3 is 23.3 Å². The first-order valence-corrected chi connectivity index (χ1v) is 14.0. The van der Waals surface area contributed by atoms with Crippen molar-refractivity contribution in [1.29, 1.82) is 0 Å². The molecule has 4 aromatic heterocycles. The third-order valence-electron chi connectivity index (χ3n) is 8.04. The van der Waals surface area contributed by atoms with Gasteiger partial charge in [-0.1, -0.05) is 12.1 Å². The number of imidazole rings is 2. The fraction of sp³-hybridized carbons (Fsp3) is 0.400. The van der Waals surface area contributed by atoms with Crippen LogP contribution >= 0.6 is 0 Å². The number of nitrogens with zero attached hydrogens (tertiary/aromatic N) is 7. The lowest BCUT2D eigenvalue weighted by Crippen LogP contribution is -2.38. The van der Waals surface area contributed by atoms with Crippen LogP contribution in [0.25, 0.3) is 33.6 Å². The van der Waals surface area contributed by atoms with E-state index in [0.29, 0.717) is 49.5 Å². The molecule has 0 N–H and O–H groups in total. The van der Waals surface area contributed by atoms with E-state index in [1.54, 1.807) is 17.4 Å². The van der Waals surface area contributed by atoms with Gasteiger partial charge in [0.2, 0.25) is 0 Å². The molecule has 2 aliphatic rings. The molecule has 0 atom stereocenters. The van der Waals surface area contributed by atoms with Gasteiger partial charge in [0.05, 0.1) is 42.0 Å². The number of aryl methyl sites for hydroxylation is 1. The number of rotatable bonds is 10. The number of ether oxygens (including phenoxy) is 1. The maximum absolute atomic E-state index is 13.1. The summed E-state index contributed by atoms with van der Waals surface area (Å²) in [6.07, 6.45) is 8.96. The average molecular weight is 542 g/mol. The largest absolute Gasteiger partial charge is 0.490 e. The van der Waals surface area contributed by atoms with Gasteiger partial charge in [-0.3, -0.25) is 9.18 Å². The van der Waals surface area contributed by atoms with E-state index in [-0.39, 0.29) is 5.91 Å². The molecular formula is C30H32FN7O2. The molecule has 10 heteroatoms. The maximum Gasteiger partial charge on any atom is 0.255 e. The molecule has 1 fully saturated rings. The minimum absolute atomic E-state index is 0.0865. The molecular weight excluding hydrogens is 509 g/mol. The van der Waals surface area contributed by atoms with E-state index in [0.717, 1.165) is 52.6 Å². The number of para-hydroxylation sites is 1. The van der Waals surface area contributed by atoms with Crippen LogP contribution in [0.1, 0.15) is 35.3 Å². The fourth-order valence-electron chi connectivity index (χ4n) is 5.75. The van der Waals surface area contributed by atoms with Gasteiger partial charge in [-0.2, -0.15) is 0 Å². The van der Waals surface area contributed by atoms with Crippen LogP contribution in [0.2, 0.25) is 0 Å². The standard InChI is InChI=1S/C30H32FN7O2/c1-35-28-24(17-22-23(33-28)8-12-37(30(22)39)11-3-9-31)34-29(35)25-16-21-4-2-5-26(27(21)38(25)18-20-6-7-20)40-15-14-36-13-10-32-19-36/h2,4-5,10,13,16-17,19-20H,3,6-9,11-12,14-15,18H2,1H3. The Labute approximate surface area is 231 Å². The third-order valence-corrected chi connectivity index (χ3v) is 8.04. The second kappa shape index (κ2) is 10.1. The van der Waals surface area contributed by atoms with Gasteiger partial charge in [0, 0.05) is 50.9 Å². The summed E-state index contributed by atoms with van der Waals surface area (Å²) in [7, 11) is 1.99. The predicted octanol–water partition coefficient (Wildman–Crippen LogP) is 4.63. The Morgan fingerprint density at radius 1 is 1.15 bits per heavy atom. The maximum atomic E-state index is 13.1. The van der Waals surface area contributed by atoms with Crippen molar-refractivity contribution in [2.24, 2.45) is 13.0 Å². The van der Waals surface area contributed by atoms with Gasteiger partial charge in [-0.15, -0.1) is 0 Å². The molecule has 0 unspecified atom stereocenters. The van der Waals surface area contributed by atoms with Gasteiger partial charge in [-0.25, -0.2) is 15.0 Å². The molecule has 1 amide bonds. The highest BCUT2D eigenvalue weighted by molar-refractivity contribution is 5.99. The van der Waals surface area contributed by atoms with Crippen molar-refractivity contribution in [3.05, 3.63) is 60.3 Å². The van der Waals surface area contributed by atoms with E-state index in [9.17, 15) is 9.18 Å². The number of pyridine rings is 1. The summed E-state index contributed by atoms with van der Waals surface area (Å²) >= 11 is 0. The van der Waals surface area contributed by atoms with Gasteiger partial charge in [0.25, 0.3) is 5.91 Å². The van der Waals surface area contributed by atoms with Crippen LogP contribution in [0.3, 0.4) is 0 Å². The first-order valence-electron chi connectivity index (χ1n) is 14.0. The van der Waals surface area contributed by atoms with Crippen LogP contribution in [0, 0.1) is 5.92 Å². The third kappa shape index (κ3) is 4.41. The average Bonchev–Trinajstić information content (AvgIpc) is 3.34. The Morgan fingerprint density at radius 3 is 2.85 bits per heavy atom. The molecule has 0 radical (unpaired) electrons. The van der Waals surface area contributed by atoms with Crippen LogP contribution in [0.15, 0.2) is 49.1 Å². The molecule has 1 aliphatic carbocycles. The number of hydrogen-bond donors (Lipinski definition) is 0. The number of hydrogen-bond acceptors (Lipinski definition) is 5. The summed E-state index contributed by atoms with van der Waals surface area (Å²) in [6, 6.07) is 10.2. The highest BCUT2D eigenvalue weighted by Crippen LogP contribution is 2.39. The molecule has 5 aromatic rings. The van der Waals surface area contributed by atoms with Gasteiger partial charge in [0.15, 0.2) is 11.5 Å². The zero-order valence-corrected chi connectivity index (χ0v) is 22.6. The number of carbonyl (C=O) groups excluding carboxylic acids is 1. The molecule has 0 saturated heterocycles. The van der Waals surface area contributed by atoms with E-state index in [2.05, 4.69) is 21.7 Å². The Kier molecular flexibility index (Phi) is 6.25. The van der Waals surface area contributed by atoms with Crippen LogP contribution in [-0.4, -0.2) is 65.8 Å². The monoisotopic (exact) mass is 541 g/mol. The zero-order valence-electron chi connectivity index (χ0n) is 22.6. The Bertz CT molecular complexity index is 1700. The second-order valence-corrected chi connectivity index (χ2v) is 10.8. The van der Waals surface area contributed by atoms with E-state index in [1.807, 2.05) is 40.6 Å². The number of halogens is 1. The lowest BCUT2D eigenvalue weighted by molar-refractivity contribution is 0.0733. The number of fused-ring (bicyclic) bond motifs is 3. The number of alkyl halides is 1. The van der Waals surface area contributed by atoms with Crippen molar-refractivity contribution in [2.75, 3.05) is 26.4 Å². The molecule has 40 heavy (non-hydrogen) atoms. The zero-order chi connectivity index (χ0) is 27.2. The molecule has 1 saturated carbocycles. The highest BCUT2D eigenvalue weighted by atomic mass is 19.1. The van der Waals surface area contributed by atoms with Crippen LogP contribution in [-0.2, 0) is 26.6 Å². The Hall–Kier alpha value is -4.21. The first kappa shape index (κ1) is 24.8. The minimum Gasteiger partial charge on any atom is -0.490 e. The highest BCUT2D eigenvalue weighted by Gasteiger charge is 2.29. The molecule has 206 valence electrons. The quantitative estimate of drug-likeness (QED) is 0.257. The predicted molar refractivity (Wildman–Crippen MR) is 150 cm³/mol. The number of benzene rings is 1. The first-order chi connectivity index (χ1) is 19.6. The van der Waals surface area contributed by atoms with Crippen molar-refractivity contribution in [3.63, 3.8) is 0 Å². The van der Waals surface area contributed by atoms with Crippen LogP contribution < -0.4 is 4.74 Å². The molecule has 1 aliphatic heterocycles. The van der Waals surface area contributed by atoms with Crippen LogP contribution in [0.4, 0.5) is 4.39 Å². The topological polar surface area (TPSA) is 83.0 Å². The summed E-state index contributed by atoms with van der Waals surface area (Å²) in [4.78, 5) is 28.9. The minimum atomic E-state index is -0.427. The van der Waals surface area contributed by atoms with Crippen molar-refractivity contribution >= 4 is 28.0 Å². The summed E-state index contributed by atoms with van der Waals surface area (Å²) in [5.74, 6) is 2.22. The molecule has 0 bridgehead atoms. The second-order valence-electron chi connectivity index (χ2n) is 10.8. The van der Waals surface area contributed by atoms with Crippen molar-refractivity contribution in [3.8, 4) is 17.3 Å². The van der Waals surface area contributed by atoms with E-state index in [4.69, 9.17) is 14.7 Å². The van der Waals surface area contributed by atoms with Crippen molar-refractivity contribution < 1.29 is 13.9 Å². The molecule has 9 nitrogen and oxygen atoms in total. The van der Waals surface area contributed by atoms with E-state index >= 15 is 0 Å². The van der Waals surface area contributed by atoms with Gasteiger partial charge >= 0.3 is 0 Å². The lowest BCUT2D eigenvalue weighted by Gasteiger charge is -2.27.